The molecule has 1 unspecified atom stereocenters. The summed E-state index contributed by atoms with van der Waals surface area (Å²) < 4.78 is 4.98. The molecule has 3 heteroatoms. The molecule has 1 atom stereocenters. The Morgan fingerprint density at radius 3 is 2.62 bits per heavy atom. The van der Waals surface area contributed by atoms with Crippen molar-refractivity contribution in [3.05, 3.63) is 0 Å². The lowest BCUT2D eigenvalue weighted by Gasteiger charge is -2.20. The highest BCUT2D eigenvalue weighted by Crippen LogP contribution is 1.96. The van der Waals surface area contributed by atoms with Crippen molar-refractivity contribution in [2.45, 2.75) is 32.2 Å². The number of ether oxygens (including phenoxy) is 1. The van der Waals surface area contributed by atoms with Crippen molar-refractivity contribution >= 4 is 0 Å². The smallest absolute Gasteiger partial charge is 0.0626 e. The second-order valence-electron chi connectivity index (χ2n) is 3.68. The molecule has 0 bridgehead atoms. The SMILES string of the molecule is CCCCCN(C)CC(N)COC. The highest BCUT2D eigenvalue weighted by atomic mass is 16.5. The second kappa shape index (κ2) is 8.48. The van der Waals surface area contributed by atoms with Crippen LogP contribution >= 0.6 is 0 Å². The highest BCUT2D eigenvalue weighted by Gasteiger charge is 2.05. The first-order valence-electron chi connectivity index (χ1n) is 5.13. The zero-order valence-electron chi connectivity index (χ0n) is 9.25. The summed E-state index contributed by atoms with van der Waals surface area (Å²) in [5.41, 5.74) is 5.82. The van der Waals surface area contributed by atoms with Crippen LogP contribution in [0.25, 0.3) is 0 Å². The Bertz CT molecular complexity index is 109. The Morgan fingerprint density at radius 1 is 1.38 bits per heavy atom. The van der Waals surface area contributed by atoms with E-state index in [0.717, 1.165) is 13.1 Å². The molecule has 0 fully saturated rings. The van der Waals surface area contributed by atoms with E-state index in [-0.39, 0.29) is 6.04 Å². The first-order valence-corrected chi connectivity index (χ1v) is 5.13. The van der Waals surface area contributed by atoms with Crippen LogP contribution in [0, 0.1) is 0 Å². The van der Waals surface area contributed by atoms with E-state index in [2.05, 4.69) is 18.9 Å². The quantitative estimate of drug-likeness (QED) is 0.579. The maximum atomic E-state index is 5.82. The zero-order chi connectivity index (χ0) is 10.1. The molecular formula is C10H24N2O. The van der Waals surface area contributed by atoms with Gasteiger partial charge in [0, 0.05) is 19.7 Å². The molecule has 0 saturated carbocycles. The summed E-state index contributed by atoms with van der Waals surface area (Å²) in [6.07, 6.45) is 3.86. The van der Waals surface area contributed by atoms with Gasteiger partial charge in [0.1, 0.15) is 0 Å². The minimum Gasteiger partial charge on any atom is -0.383 e. The van der Waals surface area contributed by atoms with Crippen molar-refractivity contribution in [1.29, 1.82) is 0 Å². The Morgan fingerprint density at radius 2 is 2.08 bits per heavy atom. The van der Waals surface area contributed by atoms with E-state index in [1.54, 1.807) is 7.11 Å². The fourth-order valence-corrected chi connectivity index (χ4v) is 1.39. The summed E-state index contributed by atoms with van der Waals surface area (Å²) in [4.78, 5) is 2.28. The maximum absolute atomic E-state index is 5.82. The van der Waals surface area contributed by atoms with Crippen molar-refractivity contribution in [3.8, 4) is 0 Å². The predicted molar refractivity (Wildman–Crippen MR) is 56.9 cm³/mol. The van der Waals surface area contributed by atoms with Crippen LogP contribution in [0.4, 0.5) is 0 Å². The largest absolute Gasteiger partial charge is 0.383 e. The molecule has 0 aromatic carbocycles. The van der Waals surface area contributed by atoms with Crippen LogP contribution in [0.3, 0.4) is 0 Å². The van der Waals surface area contributed by atoms with E-state index in [0.29, 0.717) is 6.61 Å². The van der Waals surface area contributed by atoms with Gasteiger partial charge in [-0.15, -0.1) is 0 Å². The average Bonchev–Trinajstić information content (AvgIpc) is 2.05. The molecule has 0 saturated heterocycles. The van der Waals surface area contributed by atoms with Gasteiger partial charge in [0.05, 0.1) is 6.61 Å². The maximum Gasteiger partial charge on any atom is 0.0626 e. The summed E-state index contributed by atoms with van der Waals surface area (Å²) >= 11 is 0. The lowest BCUT2D eigenvalue weighted by Crippen LogP contribution is -2.38. The average molecular weight is 188 g/mol. The first kappa shape index (κ1) is 12.9. The van der Waals surface area contributed by atoms with Crippen molar-refractivity contribution in [2.24, 2.45) is 5.73 Å². The van der Waals surface area contributed by atoms with Crippen LogP contribution in [-0.2, 0) is 4.74 Å². The van der Waals surface area contributed by atoms with E-state index in [1.807, 2.05) is 0 Å². The molecule has 0 radical (unpaired) electrons. The zero-order valence-corrected chi connectivity index (χ0v) is 9.25. The van der Waals surface area contributed by atoms with E-state index < -0.39 is 0 Å². The van der Waals surface area contributed by atoms with Crippen LogP contribution in [0.15, 0.2) is 0 Å². The van der Waals surface area contributed by atoms with E-state index >= 15 is 0 Å². The van der Waals surface area contributed by atoms with Crippen molar-refractivity contribution in [2.75, 3.05) is 33.9 Å². The number of nitrogens with zero attached hydrogens (tertiary/aromatic N) is 1. The topological polar surface area (TPSA) is 38.5 Å². The Labute approximate surface area is 82.2 Å². The van der Waals surface area contributed by atoms with Gasteiger partial charge in [0.2, 0.25) is 0 Å². The number of hydrogen-bond donors (Lipinski definition) is 1. The standard InChI is InChI=1S/C10H24N2O/c1-4-5-6-7-12(2)8-10(11)9-13-3/h10H,4-9,11H2,1-3H3. The van der Waals surface area contributed by atoms with Crippen molar-refractivity contribution in [3.63, 3.8) is 0 Å². The molecule has 13 heavy (non-hydrogen) atoms. The normalized spacial score (nSPS) is 13.6. The van der Waals surface area contributed by atoms with Crippen LogP contribution in [0.5, 0.6) is 0 Å². The summed E-state index contributed by atoms with van der Waals surface area (Å²) in [5, 5.41) is 0. The molecule has 2 N–H and O–H groups in total. The molecule has 80 valence electrons. The third-order valence-corrected chi connectivity index (χ3v) is 2.07. The number of unbranched alkanes of at least 4 members (excludes halogenated alkanes) is 2. The third-order valence-electron chi connectivity index (χ3n) is 2.07. The summed E-state index contributed by atoms with van der Waals surface area (Å²) in [7, 11) is 3.81. The number of likely N-dealkylation sites (N-methyl/N-ethyl adjacent to an activating group) is 1. The van der Waals surface area contributed by atoms with Gasteiger partial charge in [0.25, 0.3) is 0 Å². The van der Waals surface area contributed by atoms with Gasteiger partial charge in [-0.2, -0.15) is 0 Å². The van der Waals surface area contributed by atoms with E-state index in [4.69, 9.17) is 10.5 Å². The molecule has 0 heterocycles. The lowest BCUT2D eigenvalue weighted by molar-refractivity contribution is 0.161. The van der Waals surface area contributed by atoms with Gasteiger partial charge >= 0.3 is 0 Å². The fourth-order valence-electron chi connectivity index (χ4n) is 1.39. The molecule has 0 aliphatic carbocycles. The van der Waals surface area contributed by atoms with Gasteiger partial charge < -0.3 is 15.4 Å². The first-order chi connectivity index (χ1) is 6.20. The number of nitrogens with two attached hydrogens (primary N) is 1. The Kier molecular flexibility index (Phi) is 8.40. The second-order valence-corrected chi connectivity index (χ2v) is 3.68. The molecule has 0 aromatic rings. The number of hydrogen-bond acceptors (Lipinski definition) is 3. The third kappa shape index (κ3) is 8.22. The monoisotopic (exact) mass is 188 g/mol. The van der Waals surface area contributed by atoms with Crippen molar-refractivity contribution in [1.82, 2.24) is 4.90 Å². The molecule has 0 rings (SSSR count). The van der Waals surface area contributed by atoms with Crippen LogP contribution in [-0.4, -0.2) is 44.8 Å². The molecule has 3 nitrogen and oxygen atoms in total. The molecule has 0 aromatic heterocycles. The number of rotatable bonds is 8. The van der Waals surface area contributed by atoms with Gasteiger partial charge in [-0.05, 0) is 20.0 Å². The highest BCUT2D eigenvalue weighted by molar-refractivity contribution is 4.64. The molecule has 0 aliphatic heterocycles. The fraction of sp³-hybridized carbons (Fsp3) is 1.00. The van der Waals surface area contributed by atoms with Gasteiger partial charge in [-0.25, -0.2) is 0 Å². The van der Waals surface area contributed by atoms with Crippen LogP contribution < -0.4 is 5.73 Å². The number of methoxy groups -OCH3 is 1. The summed E-state index contributed by atoms with van der Waals surface area (Å²) in [6.45, 7) is 4.94. The minimum absolute atomic E-state index is 0.150. The van der Waals surface area contributed by atoms with Crippen molar-refractivity contribution < 1.29 is 4.74 Å². The van der Waals surface area contributed by atoms with E-state index in [9.17, 15) is 0 Å². The van der Waals surface area contributed by atoms with Gasteiger partial charge in [0.15, 0.2) is 0 Å². The Hall–Kier alpha value is -0.120. The lowest BCUT2D eigenvalue weighted by atomic mass is 10.2. The van der Waals surface area contributed by atoms with Crippen LogP contribution in [0.2, 0.25) is 0 Å². The van der Waals surface area contributed by atoms with Gasteiger partial charge in [-0.3, -0.25) is 0 Å². The molecule has 0 amide bonds. The Balaban J connectivity index is 3.32. The molecular weight excluding hydrogens is 164 g/mol. The minimum atomic E-state index is 0.150. The van der Waals surface area contributed by atoms with Crippen LogP contribution in [0.1, 0.15) is 26.2 Å². The van der Waals surface area contributed by atoms with Gasteiger partial charge in [-0.1, -0.05) is 19.8 Å². The molecule has 0 aliphatic rings. The predicted octanol–water partition coefficient (Wildman–Crippen LogP) is 1.08. The molecule has 0 spiro atoms. The summed E-state index contributed by atoms with van der Waals surface area (Å²) in [5.74, 6) is 0. The van der Waals surface area contributed by atoms with E-state index in [1.165, 1.54) is 19.3 Å². The summed E-state index contributed by atoms with van der Waals surface area (Å²) in [6, 6.07) is 0.150.